The first-order valence-electron chi connectivity index (χ1n) is 6.46. The number of pyridine rings is 1. The van der Waals surface area contributed by atoms with Gasteiger partial charge in [0.05, 0.1) is 5.69 Å². The Bertz CT molecular complexity index is 757. The third-order valence-electron chi connectivity index (χ3n) is 2.85. The zero-order chi connectivity index (χ0) is 15.9. The molecule has 0 atom stereocenters. The van der Waals surface area contributed by atoms with Crippen molar-refractivity contribution in [3.05, 3.63) is 54.0 Å². The molecule has 0 saturated heterocycles. The van der Waals surface area contributed by atoms with Crippen LogP contribution in [0.5, 0.6) is 11.5 Å². The van der Waals surface area contributed by atoms with Crippen molar-refractivity contribution in [2.75, 3.05) is 12.8 Å². The maximum absolute atomic E-state index is 9.43. The lowest BCUT2D eigenvalue weighted by Crippen LogP contribution is -2.00. The average Bonchev–Trinajstić information content (AvgIpc) is 2.54. The number of nitrogens with two attached hydrogens (primary N) is 2. The van der Waals surface area contributed by atoms with Crippen LogP contribution in [0.15, 0.2) is 47.7 Å². The molecule has 2 aromatic rings. The molecule has 0 amide bonds. The van der Waals surface area contributed by atoms with Crippen LogP contribution in [0.1, 0.15) is 11.3 Å². The van der Waals surface area contributed by atoms with E-state index in [9.17, 15) is 5.26 Å². The first-order valence-corrected chi connectivity index (χ1v) is 6.46. The second-order valence-corrected chi connectivity index (χ2v) is 4.32. The van der Waals surface area contributed by atoms with Gasteiger partial charge in [0, 0.05) is 43.0 Å². The molecule has 2 rings (SSSR count). The number of aliphatic imine (C=N–C) groups is 1. The molecule has 1 aromatic heterocycles. The van der Waals surface area contributed by atoms with Crippen LogP contribution in [0.25, 0.3) is 5.57 Å². The zero-order valence-electron chi connectivity index (χ0n) is 12.0. The fourth-order valence-corrected chi connectivity index (χ4v) is 1.84. The Kier molecular flexibility index (Phi) is 4.73. The van der Waals surface area contributed by atoms with Crippen molar-refractivity contribution < 1.29 is 4.74 Å². The molecule has 1 heterocycles. The number of ether oxygens (including phenoxy) is 1. The summed E-state index contributed by atoms with van der Waals surface area (Å²) in [5.41, 5.74) is 13.1. The van der Waals surface area contributed by atoms with Gasteiger partial charge < -0.3 is 16.2 Å². The molecular weight excluding hydrogens is 278 g/mol. The minimum atomic E-state index is 0.288. The number of nitrogens with zero attached hydrogens (tertiary/aromatic N) is 3. The van der Waals surface area contributed by atoms with E-state index in [-0.39, 0.29) is 5.56 Å². The van der Waals surface area contributed by atoms with Crippen molar-refractivity contribution in [1.29, 1.82) is 5.26 Å². The third-order valence-corrected chi connectivity index (χ3v) is 2.85. The molecular formula is C16H15N5O. The number of nitriles is 1. The van der Waals surface area contributed by atoms with Crippen molar-refractivity contribution in [3.63, 3.8) is 0 Å². The van der Waals surface area contributed by atoms with Gasteiger partial charge in [-0.25, -0.2) is 0 Å². The van der Waals surface area contributed by atoms with E-state index >= 15 is 0 Å². The van der Waals surface area contributed by atoms with Gasteiger partial charge in [0.2, 0.25) is 0 Å². The van der Waals surface area contributed by atoms with Crippen LogP contribution in [0.2, 0.25) is 0 Å². The smallest absolute Gasteiger partial charge is 0.148 e. The number of anilines is 1. The van der Waals surface area contributed by atoms with E-state index in [4.69, 9.17) is 16.2 Å². The van der Waals surface area contributed by atoms with Crippen LogP contribution in [-0.2, 0) is 0 Å². The van der Waals surface area contributed by atoms with E-state index in [0.29, 0.717) is 28.5 Å². The fraction of sp³-hybridized carbons (Fsp3) is 0.0625. The minimum absolute atomic E-state index is 0.288. The van der Waals surface area contributed by atoms with E-state index in [1.165, 1.54) is 12.4 Å². The highest BCUT2D eigenvalue weighted by Gasteiger charge is 2.14. The van der Waals surface area contributed by atoms with Crippen molar-refractivity contribution in [2.45, 2.75) is 0 Å². The molecule has 0 radical (unpaired) electrons. The van der Waals surface area contributed by atoms with E-state index in [2.05, 4.69) is 16.0 Å². The van der Waals surface area contributed by atoms with Crippen molar-refractivity contribution >= 4 is 17.5 Å². The Morgan fingerprint density at radius 2 is 2.05 bits per heavy atom. The predicted molar refractivity (Wildman–Crippen MR) is 86.5 cm³/mol. The van der Waals surface area contributed by atoms with Gasteiger partial charge in [-0.1, -0.05) is 0 Å². The number of aromatic nitrogens is 1. The lowest BCUT2D eigenvalue weighted by Gasteiger charge is -2.10. The van der Waals surface area contributed by atoms with E-state index in [0.717, 1.165) is 0 Å². The van der Waals surface area contributed by atoms with Crippen LogP contribution in [0, 0.1) is 11.3 Å². The molecule has 0 unspecified atom stereocenters. The number of rotatable bonds is 4. The summed E-state index contributed by atoms with van der Waals surface area (Å²) in [7, 11) is 1.62. The van der Waals surface area contributed by atoms with Gasteiger partial charge in [-0.3, -0.25) is 9.98 Å². The molecule has 110 valence electrons. The molecule has 6 heteroatoms. The van der Waals surface area contributed by atoms with Crippen molar-refractivity contribution in [1.82, 2.24) is 4.98 Å². The van der Waals surface area contributed by atoms with Gasteiger partial charge in [-0.15, -0.1) is 0 Å². The van der Waals surface area contributed by atoms with Gasteiger partial charge >= 0.3 is 0 Å². The normalized spacial score (nSPS) is 11.4. The van der Waals surface area contributed by atoms with Gasteiger partial charge in [-0.2, -0.15) is 5.26 Å². The molecule has 0 fully saturated rings. The Morgan fingerprint density at radius 3 is 2.64 bits per heavy atom. The number of nitrogen functional groups attached to an aromatic ring is 1. The average molecular weight is 293 g/mol. The molecule has 0 aliphatic heterocycles. The Labute approximate surface area is 128 Å². The summed E-state index contributed by atoms with van der Waals surface area (Å²) < 4.78 is 5.74. The van der Waals surface area contributed by atoms with Gasteiger partial charge in [0.25, 0.3) is 0 Å². The highest BCUT2D eigenvalue weighted by Crippen LogP contribution is 2.29. The summed E-state index contributed by atoms with van der Waals surface area (Å²) in [5.74, 6) is 0.964. The van der Waals surface area contributed by atoms with E-state index in [1.54, 1.807) is 43.6 Å². The quantitative estimate of drug-likeness (QED) is 0.664. The standard InChI is InChI=1S/C16H15N5O/c1-20-10-11(8-17)16-14(9-18)15(6-7-21-16)22-13-4-2-12(19)3-5-13/h2-8,10H,17,19H2,1H3. The number of benzene rings is 1. The first kappa shape index (κ1) is 15.1. The molecule has 0 aliphatic rings. The van der Waals surface area contributed by atoms with Gasteiger partial charge in [0.15, 0.2) is 0 Å². The van der Waals surface area contributed by atoms with E-state index in [1.807, 2.05) is 0 Å². The van der Waals surface area contributed by atoms with Gasteiger partial charge in [-0.05, 0) is 24.3 Å². The molecule has 0 spiro atoms. The third kappa shape index (κ3) is 3.22. The van der Waals surface area contributed by atoms with Crippen LogP contribution in [-0.4, -0.2) is 18.2 Å². The number of allylic oxidation sites excluding steroid dienone is 1. The summed E-state index contributed by atoms with van der Waals surface area (Å²) >= 11 is 0. The number of hydrogen-bond acceptors (Lipinski definition) is 6. The maximum atomic E-state index is 9.43. The Hall–Kier alpha value is -3.33. The summed E-state index contributed by atoms with van der Waals surface area (Å²) in [4.78, 5) is 8.10. The monoisotopic (exact) mass is 293 g/mol. The Balaban J connectivity index is 2.45. The van der Waals surface area contributed by atoms with Crippen molar-refractivity contribution in [2.24, 2.45) is 10.7 Å². The fourth-order valence-electron chi connectivity index (χ4n) is 1.84. The topological polar surface area (TPSA) is 110 Å². The van der Waals surface area contributed by atoms with Crippen molar-refractivity contribution in [3.8, 4) is 17.6 Å². The largest absolute Gasteiger partial charge is 0.456 e. The molecule has 6 nitrogen and oxygen atoms in total. The second-order valence-electron chi connectivity index (χ2n) is 4.32. The molecule has 22 heavy (non-hydrogen) atoms. The second kappa shape index (κ2) is 6.90. The summed E-state index contributed by atoms with van der Waals surface area (Å²) in [6.07, 6.45) is 4.44. The first-order chi connectivity index (χ1) is 10.7. The zero-order valence-corrected chi connectivity index (χ0v) is 12.0. The number of hydrogen-bond donors (Lipinski definition) is 2. The van der Waals surface area contributed by atoms with Crippen LogP contribution in [0.3, 0.4) is 0 Å². The SMILES string of the molecule is CN=CC(=CN)c1nccc(Oc2ccc(N)cc2)c1C#N. The maximum Gasteiger partial charge on any atom is 0.148 e. The summed E-state index contributed by atoms with van der Waals surface area (Å²) in [6, 6.07) is 10.6. The Morgan fingerprint density at radius 1 is 1.32 bits per heavy atom. The molecule has 0 aliphatic carbocycles. The van der Waals surface area contributed by atoms with E-state index < -0.39 is 0 Å². The van der Waals surface area contributed by atoms with Crippen LogP contribution >= 0.6 is 0 Å². The lowest BCUT2D eigenvalue weighted by molar-refractivity contribution is 0.480. The molecule has 0 saturated carbocycles. The molecule has 0 bridgehead atoms. The highest BCUT2D eigenvalue weighted by atomic mass is 16.5. The molecule has 1 aromatic carbocycles. The molecule has 4 N–H and O–H groups in total. The van der Waals surface area contributed by atoms with Gasteiger partial charge in [0.1, 0.15) is 23.1 Å². The summed E-state index contributed by atoms with van der Waals surface area (Å²) in [6.45, 7) is 0. The van der Waals surface area contributed by atoms with Crippen LogP contribution < -0.4 is 16.2 Å². The summed E-state index contributed by atoms with van der Waals surface area (Å²) in [5, 5.41) is 9.43. The predicted octanol–water partition coefficient (Wildman–Crippen LogP) is 2.33. The van der Waals surface area contributed by atoms with Crippen LogP contribution in [0.4, 0.5) is 5.69 Å². The lowest BCUT2D eigenvalue weighted by atomic mass is 10.1. The highest BCUT2D eigenvalue weighted by molar-refractivity contribution is 6.09. The minimum Gasteiger partial charge on any atom is -0.456 e.